The smallest absolute Gasteiger partial charge is 0.407 e. The van der Waals surface area contributed by atoms with Gasteiger partial charge in [0.15, 0.2) is 0 Å². The third-order valence-corrected chi connectivity index (χ3v) is 5.11. The van der Waals surface area contributed by atoms with Crippen molar-refractivity contribution in [3.63, 3.8) is 0 Å². The number of carbonyl (C=O) groups excluding carboxylic acids is 2. The first-order valence-corrected chi connectivity index (χ1v) is 10.3. The van der Waals surface area contributed by atoms with Crippen LogP contribution in [0.5, 0.6) is 5.88 Å². The fourth-order valence-electron chi connectivity index (χ4n) is 3.71. The minimum absolute atomic E-state index is 0.0333. The van der Waals surface area contributed by atoms with Crippen molar-refractivity contribution in [2.45, 2.75) is 52.1 Å². The van der Waals surface area contributed by atoms with E-state index in [1.54, 1.807) is 25.4 Å². The van der Waals surface area contributed by atoms with Gasteiger partial charge >= 0.3 is 6.09 Å². The van der Waals surface area contributed by atoms with Crippen molar-refractivity contribution in [1.82, 2.24) is 15.3 Å². The van der Waals surface area contributed by atoms with Crippen molar-refractivity contribution in [2.24, 2.45) is 11.8 Å². The molecule has 0 bridgehead atoms. The van der Waals surface area contributed by atoms with E-state index >= 15 is 0 Å². The predicted molar refractivity (Wildman–Crippen MR) is 114 cm³/mol. The third-order valence-electron chi connectivity index (χ3n) is 5.11. The number of anilines is 1. The van der Waals surface area contributed by atoms with Crippen LogP contribution in [-0.2, 0) is 9.53 Å². The van der Waals surface area contributed by atoms with Gasteiger partial charge in [-0.05, 0) is 58.1 Å². The summed E-state index contributed by atoms with van der Waals surface area (Å²) < 4.78 is 10.5. The van der Waals surface area contributed by atoms with Crippen LogP contribution in [0, 0.1) is 11.8 Å². The maximum atomic E-state index is 12.9. The van der Waals surface area contributed by atoms with Crippen molar-refractivity contribution in [1.29, 1.82) is 0 Å². The minimum Gasteiger partial charge on any atom is -0.481 e. The van der Waals surface area contributed by atoms with E-state index in [0.717, 1.165) is 25.7 Å². The molecular weight excluding hydrogens is 384 g/mol. The maximum absolute atomic E-state index is 12.9. The van der Waals surface area contributed by atoms with E-state index in [1.165, 1.54) is 0 Å². The number of hydrogen-bond donors (Lipinski definition) is 2. The number of hydrogen-bond acceptors (Lipinski definition) is 6. The lowest BCUT2D eigenvalue weighted by atomic mass is 9.81. The van der Waals surface area contributed by atoms with Crippen LogP contribution in [-0.4, -0.2) is 41.2 Å². The Hall–Kier alpha value is -2.90. The second-order valence-corrected chi connectivity index (χ2v) is 8.68. The van der Waals surface area contributed by atoms with Crippen LogP contribution in [0.4, 0.5) is 10.5 Å². The number of rotatable bonds is 5. The largest absolute Gasteiger partial charge is 0.481 e. The van der Waals surface area contributed by atoms with Crippen LogP contribution < -0.4 is 15.4 Å². The average molecular weight is 415 g/mol. The van der Waals surface area contributed by atoms with Gasteiger partial charge in [0.25, 0.3) is 0 Å². The number of pyridine rings is 2. The standard InChI is InChI=1S/C22H30N4O4/c1-22(2,3)30-21(28)24-13-14-6-5-7-15(12-14)20(27)25-17-10-11-23-16-8-9-18(29-4)26-19(16)17/h8-11,14-15H,5-7,12-13H2,1-4H3,(H,24,28)(H,23,25,27). The predicted octanol–water partition coefficient (Wildman–Crippen LogP) is 3.91. The molecule has 2 aromatic heterocycles. The monoisotopic (exact) mass is 414 g/mol. The van der Waals surface area contributed by atoms with E-state index in [9.17, 15) is 9.59 Å². The summed E-state index contributed by atoms with van der Waals surface area (Å²) >= 11 is 0. The van der Waals surface area contributed by atoms with Gasteiger partial charge < -0.3 is 20.1 Å². The Balaban J connectivity index is 1.61. The molecule has 30 heavy (non-hydrogen) atoms. The van der Waals surface area contributed by atoms with E-state index in [0.29, 0.717) is 29.1 Å². The normalized spacial score (nSPS) is 19.2. The van der Waals surface area contributed by atoms with Gasteiger partial charge in [-0.15, -0.1) is 0 Å². The van der Waals surface area contributed by atoms with E-state index in [-0.39, 0.29) is 17.7 Å². The fourth-order valence-corrected chi connectivity index (χ4v) is 3.71. The first-order chi connectivity index (χ1) is 14.2. The number of amides is 2. The topological polar surface area (TPSA) is 102 Å². The van der Waals surface area contributed by atoms with Crippen molar-refractivity contribution in [3.8, 4) is 5.88 Å². The quantitative estimate of drug-likeness (QED) is 0.769. The summed E-state index contributed by atoms with van der Waals surface area (Å²) in [6, 6.07) is 5.30. The highest BCUT2D eigenvalue weighted by atomic mass is 16.6. The van der Waals surface area contributed by atoms with Crippen molar-refractivity contribution in [3.05, 3.63) is 24.4 Å². The lowest BCUT2D eigenvalue weighted by molar-refractivity contribution is -0.121. The second-order valence-electron chi connectivity index (χ2n) is 8.68. The number of nitrogens with one attached hydrogen (secondary N) is 2. The van der Waals surface area contributed by atoms with Crippen molar-refractivity contribution >= 4 is 28.7 Å². The van der Waals surface area contributed by atoms with Gasteiger partial charge in [0, 0.05) is 24.7 Å². The van der Waals surface area contributed by atoms with Gasteiger partial charge in [0.1, 0.15) is 11.1 Å². The molecule has 0 aromatic carbocycles. The highest BCUT2D eigenvalue weighted by Crippen LogP contribution is 2.30. The van der Waals surface area contributed by atoms with Gasteiger partial charge in [-0.3, -0.25) is 9.78 Å². The highest BCUT2D eigenvalue weighted by molar-refractivity contribution is 6.00. The molecule has 8 heteroatoms. The van der Waals surface area contributed by atoms with Gasteiger partial charge in [-0.2, -0.15) is 0 Å². The molecule has 162 valence electrons. The Labute approximate surface area is 176 Å². The molecule has 2 N–H and O–H groups in total. The van der Waals surface area contributed by atoms with Gasteiger partial charge in [0.05, 0.1) is 18.3 Å². The summed E-state index contributed by atoms with van der Waals surface area (Å²) in [4.78, 5) is 33.6. The molecule has 1 aliphatic rings. The SMILES string of the molecule is COc1ccc2nccc(NC(=O)C3CCCC(CNC(=O)OC(C)(C)C)C3)c2n1. The van der Waals surface area contributed by atoms with E-state index in [4.69, 9.17) is 9.47 Å². The number of methoxy groups -OCH3 is 1. The number of ether oxygens (including phenoxy) is 2. The zero-order valence-corrected chi connectivity index (χ0v) is 18.0. The van der Waals surface area contributed by atoms with Crippen LogP contribution in [0.2, 0.25) is 0 Å². The summed E-state index contributed by atoms with van der Waals surface area (Å²) in [5.41, 5.74) is 1.39. The summed E-state index contributed by atoms with van der Waals surface area (Å²) in [7, 11) is 1.55. The number of carbonyl (C=O) groups is 2. The Kier molecular flexibility index (Phi) is 6.74. The molecule has 2 unspecified atom stereocenters. The molecule has 8 nitrogen and oxygen atoms in total. The average Bonchev–Trinajstić information content (AvgIpc) is 2.71. The molecule has 2 atom stereocenters. The van der Waals surface area contributed by atoms with Gasteiger partial charge in [0.2, 0.25) is 11.8 Å². The number of nitrogens with zero attached hydrogens (tertiary/aromatic N) is 2. The summed E-state index contributed by atoms with van der Waals surface area (Å²) in [5, 5.41) is 5.84. The van der Waals surface area contributed by atoms with E-state index in [2.05, 4.69) is 20.6 Å². The van der Waals surface area contributed by atoms with E-state index in [1.807, 2.05) is 26.8 Å². The fraction of sp³-hybridized carbons (Fsp3) is 0.545. The molecule has 0 spiro atoms. The second kappa shape index (κ2) is 9.28. The van der Waals surface area contributed by atoms with Crippen LogP contribution in [0.15, 0.2) is 24.4 Å². The molecule has 1 fully saturated rings. The maximum Gasteiger partial charge on any atom is 0.407 e. The number of alkyl carbamates (subject to hydrolysis) is 1. The lowest BCUT2D eigenvalue weighted by Gasteiger charge is -2.29. The Morgan fingerprint density at radius 2 is 2.00 bits per heavy atom. The molecule has 0 aliphatic heterocycles. The Morgan fingerprint density at radius 3 is 2.73 bits per heavy atom. The van der Waals surface area contributed by atoms with Gasteiger partial charge in [-0.25, -0.2) is 9.78 Å². The summed E-state index contributed by atoms with van der Waals surface area (Å²) in [6.45, 7) is 6.01. The summed E-state index contributed by atoms with van der Waals surface area (Å²) in [5.74, 6) is 0.568. The van der Waals surface area contributed by atoms with Crippen LogP contribution >= 0.6 is 0 Å². The van der Waals surface area contributed by atoms with Crippen molar-refractivity contribution < 1.29 is 19.1 Å². The number of fused-ring (bicyclic) bond motifs is 1. The molecule has 0 saturated heterocycles. The first kappa shape index (κ1) is 21.8. The molecular formula is C22H30N4O4. The minimum atomic E-state index is -0.525. The van der Waals surface area contributed by atoms with Crippen LogP contribution in [0.3, 0.4) is 0 Å². The summed E-state index contributed by atoms with van der Waals surface area (Å²) in [6.07, 6.45) is 4.71. The molecule has 1 saturated carbocycles. The van der Waals surface area contributed by atoms with Gasteiger partial charge in [-0.1, -0.05) is 6.42 Å². The van der Waals surface area contributed by atoms with Crippen molar-refractivity contribution in [2.75, 3.05) is 19.0 Å². The molecule has 1 aliphatic carbocycles. The van der Waals surface area contributed by atoms with E-state index < -0.39 is 11.7 Å². The molecule has 3 rings (SSSR count). The Morgan fingerprint density at radius 1 is 1.20 bits per heavy atom. The Bertz CT molecular complexity index is 910. The first-order valence-electron chi connectivity index (χ1n) is 10.3. The highest BCUT2D eigenvalue weighted by Gasteiger charge is 2.28. The lowest BCUT2D eigenvalue weighted by Crippen LogP contribution is -2.37. The molecule has 2 heterocycles. The zero-order valence-electron chi connectivity index (χ0n) is 18.0. The van der Waals surface area contributed by atoms with Crippen LogP contribution in [0.25, 0.3) is 11.0 Å². The third kappa shape index (κ3) is 5.81. The molecule has 0 radical (unpaired) electrons. The molecule has 2 aromatic rings. The zero-order chi connectivity index (χ0) is 21.7. The molecule has 2 amide bonds. The van der Waals surface area contributed by atoms with Crippen LogP contribution in [0.1, 0.15) is 46.5 Å². The number of aromatic nitrogens is 2.